The predicted octanol–water partition coefficient (Wildman–Crippen LogP) is 2.77. The number of piperidine rings is 1. The molecule has 0 aromatic carbocycles. The van der Waals surface area contributed by atoms with Crippen LogP contribution in [-0.4, -0.2) is 65.4 Å². The van der Waals surface area contributed by atoms with Gasteiger partial charge in [0, 0.05) is 25.7 Å². The number of ether oxygens (including phenoxy) is 1. The van der Waals surface area contributed by atoms with E-state index in [0.717, 1.165) is 70.4 Å². The van der Waals surface area contributed by atoms with Gasteiger partial charge in [-0.15, -0.1) is 0 Å². The zero-order chi connectivity index (χ0) is 21.1. The van der Waals surface area contributed by atoms with Gasteiger partial charge < -0.3 is 19.6 Å². The van der Waals surface area contributed by atoms with Gasteiger partial charge in [0.05, 0.1) is 30.0 Å². The summed E-state index contributed by atoms with van der Waals surface area (Å²) >= 11 is 0. The molecule has 30 heavy (non-hydrogen) atoms. The summed E-state index contributed by atoms with van der Waals surface area (Å²) in [4.78, 5) is 33.6. The highest BCUT2D eigenvalue weighted by Gasteiger charge is 2.50. The summed E-state index contributed by atoms with van der Waals surface area (Å²) in [5.74, 6) is 1.19. The standard InChI is InChI=1S/C22H32N4O4/c1-2-30-21(29)24-16-3-8-19(23-15-16)25-12-9-22(10-13-25)11-14-26(20(22)28)17-4-6-18(27)7-5-17/h3,8,15,17-18,27H,2,4-7,9-14H2,1H3,(H,24,29)/t17-,18+. The molecule has 2 aliphatic heterocycles. The number of aliphatic hydroxyl groups excluding tert-OH is 1. The van der Waals surface area contributed by atoms with E-state index in [4.69, 9.17) is 4.74 Å². The Labute approximate surface area is 177 Å². The first-order valence-electron chi connectivity index (χ1n) is 11.1. The number of carbonyl (C=O) groups excluding carboxylic acids is 2. The molecule has 2 N–H and O–H groups in total. The molecule has 1 aromatic heterocycles. The van der Waals surface area contributed by atoms with Crippen molar-refractivity contribution in [3.05, 3.63) is 18.3 Å². The summed E-state index contributed by atoms with van der Waals surface area (Å²) in [5.41, 5.74) is 0.378. The van der Waals surface area contributed by atoms with Crippen molar-refractivity contribution in [3.63, 3.8) is 0 Å². The Morgan fingerprint density at radius 1 is 1.20 bits per heavy atom. The van der Waals surface area contributed by atoms with E-state index in [1.807, 2.05) is 12.1 Å². The number of nitrogens with one attached hydrogen (secondary N) is 1. The largest absolute Gasteiger partial charge is 0.450 e. The second kappa shape index (κ2) is 8.79. The lowest BCUT2D eigenvalue weighted by atomic mass is 9.77. The van der Waals surface area contributed by atoms with Crippen molar-refractivity contribution < 1.29 is 19.4 Å². The Morgan fingerprint density at radius 2 is 1.90 bits per heavy atom. The van der Waals surface area contributed by atoms with E-state index in [1.54, 1.807) is 13.1 Å². The molecule has 1 spiro atoms. The van der Waals surface area contributed by atoms with Gasteiger partial charge in [0.1, 0.15) is 5.82 Å². The van der Waals surface area contributed by atoms with Crippen LogP contribution < -0.4 is 10.2 Å². The summed E-state index contributed by atoms with van der Waals surface area (Å²) in [6.45, 7) is 4.55. The summed E-state index contributed by atoms with van der Waals surface area (Å²) in [6.07, 6.45) is 7.06. The zero-order valence-corrected chi connectivity index (χ0v) is 17.7. The topological polar surface area (TPSA) is 95.0 Å². The first-order chi connectivity index (χ1) is 14.5. The molecule has 1 saturated carbocycles. The van der Waals surface area contributed by atoms with E-state index < -0.39 is 6.09 Å². The van der Waals surface area contributed by atoms with Gasteiger partial charge in [0.2, 0.25) is 5.91 Å². The predicted molar refractivity (Wildman–Crippen MR) is 113 cm³/mol. The van der Waals surface area contributed by atoms with Gasteiger partial charge in [-0.1, -0.05) is 0 Å². The molecule has 3 aliphatic rings. The van der Waals surface area contributed by atoms with Crippen LogP contribution in [0.2, 0.25) is 0 Å². The van der Waals surface area contributed by atoms with Crippen LogP contribution in [0.4, 0.5) is 16.3 Å². The first kappa shape index (κ1) is 20.9. The average molecular weight is 417 g/mol. The number of aromatic nitrogens is 1. The van der Waals surface area contributed by atoms with Crippen LogP contribution in [-0.2, 0) is 9.53 Å². The normalized spacial score (nSPS) is 26.1. The van der Waals surface area contributed by atoms with Crippen LogP contribution in [0.5, 0.6) is 0 Å². The molecule has 164 valence electrons. The molecule has 0 radical (unpaired) electrons. The van der Waals surface area contributed by atoms with E-state index in [-0.39, 0.29) is 11.5 Å². The number of hydrogen-bond donors (Lipinski definition) is 2. The van der Waals surface area contributed by atoms with Crippen molar-refractivity contribution in [2.24, 2.45) is 5.41 Å². The molecular weight excluding hydrogens is 384 g/mol. The van der Waals surface area contributed by atoms with Gasteiger partial charge in [0.25, 0.3) is 0 Å². The molecular formula is C22H32N4O4. The van der Waals surface area contributed by atoms with E-state index in [2.05, 4.69) is 20.1 Å². The Hall–Kier alpha value is -2.35. The van der Waals surface area contributed by atoms with E-state index in [0.29, 0.717) is 24.2 Å². The third-order valence-corrected chi connectivity index (χ3v) is 6.97. The fourth-order valence-electron chi connectivity index (χ4n) is 5.13. The minimum Gasteiger partial charge on any atom is -0.450 e. The first-order valence-corrected chi connectivity index (χ1v) is 11.1. The second-order valence-electron chi connectivity index (χ2n) is 8.73. The van der Waals surface area contributed by atoms with Crippen molar-refractivity contribution in [1.29, 1.82) is 0 Å². The average Bonchev–Trinajstić information content (AvgIpc) is 3.06. The van der Waals surface area contributed by atoms with E-state index >= 15 is 0 Å². The van der Waals surface area contributed by atoms with Gasteiger partial charge in [-0.3, -0.25) is 10.1 Å². The third-order valence-electron chi connectivity index (χ3n) is 6.97. The Balaban J connectivity index is 1.32. The van der Waals surface area contributed by atoms with Gasteiger partial charge in [-0.05, 0) is 64.0 Å². The lowest BCUT2D eigenvalue weighted by Gasteiger charge is -2.40. The molecule has 4 rings (SSSR count). The number of likely N-dealkylation sites (tertiary alicyclic amines) is 1. The van der Waals surface area contributed by atoms with Gasteiger partial charge in [0.15, 0.2) is 0 Å². The van der Waals surface area contributed by atoms with Crippen molar-refractivity contribution in [2.75, 3.05) is 36.5 Å². The van der Waals surface area contributed by atoms with Crippen LogP contribution in [0, 0.1) is 5.41 Å². The molecule has 0 atom stereocenters. The summed E-state index contributed by atoms with van der Waals surface area (Å²) < 4.78 is 4.88. The maximum atomic E-state index is 13.3. The summed E-state index contributed by atoms with van der Waals surface area (Å²) in [6, 6.07) is 4.03. The molecule has 2 saturated heterocycles. The number of aliphatic hydroxyl groups is 1. The number of rotatable bonds is 4. The van der Waals surface area contributed by atoms with Gasteiger partial charge in [-0.2, -0.15) is 0 Å². The Kier molecular flexibility index (Phi) is 6.13. The fourth-order valence-corrected chi connectivity index (χ4v) is 5.13. The number of hydrogen-bond acceptors (Lipinski definition) is 6. The SMILES string of the molecule is CCOC(=O)Nc1ccc(N2CCC3(CC2)CCN([C@H]2CC[C@@H](O)CC2)C3=O)nc1. The lowest BCUT2D eigenvalue weighted by molar-refractivity contribution is -0.139. The number of carbonyl (C=O) groups is 2. The van der Waals surface area contributed by atoms with Crippen molar-refractivity contribution in [1.82, 2.24) is 9.88 Å². The fraction of sp³-hybridized carbons (Fsp3) is 0.682. The molecule has 8 nitrogen and oxygen atoms in total. The van der Waals surface area contributed by atoms with Crippen molar-refractivity contribution >= 4 is 23.5 Å². The summed E-state index contributed by atoms with van der Waals surface area (Å²) in [7, 11) is 0. The highest BCUT2D eigenvalue weighted by Crippen LogP contribution is 2.44. The van der Waals surface area contributed by atoms with E-state index in [9.17, 15) is 14.7 Å². The van der Waals surface area contributed by atoms with Crippen LogP contribution in [0.1, 0.15) is 51.9 Å². The lowest BCUT2D eigenvalue weighted by Crippen LogP contribution is -2.47. The molecule has 3 fully saturated rings. The van der Waals surface area contributed by atoms with Crippen LogP contribution in [0.3, 0.4) is 0 Å². The minimum atomic E-state index is -0.483. The molecule has 1 aromatic rings. The van der Waals surface area contributed by atoms with Crippen molar-refractivity contribution in [3.8, 4) is 0 Å². The number of pyridine rings is 1. The van der Waals surface area contributed by atoms with Gasteiger partial charge >= 0.3 is 6.09 Å². The second-order valence-corrected chi connectivity index (χ2v) is 8.73. The van der Waals surface area contributed by atoms with Gasteiger partial charge in [-0.25, -0.2) is 9.78 Å². The monoisotopic (exact) mass is 416 g/mol. The Bertz CT molecular complexity index is 753. The zero-order valence-electron chi connectivity index (χ0n) is 17.7. The summed E-state index contributed by atoms with van der Waals surface area (Å²) in [5, 5.41) is 12.4. The number of amides is 2. The highest BCUT2D eigenvalue weighted by molar-refractivity contribution is 5.86. The molecule has 2 amide bonds. The maximum Gasteiger partial charge on any atom is 0.411 e. The maximum absolute atomic E-state index is 13.3. The third kappa shape index (κ3) is 4.24. The molecule has 0 unspecified atom stereocenters. The van der Waals surface area contributed by atoms with Crippen LogP contribution in [0.25, 0.3) is 0 Å². The molecule has 3 heterocycles. The smallest absolute Gasteiger partial charge is 0.411 e. The Morgan fingerprint density at radius 3 is 2.53 bits per heavy atom. The number of anilines is 2. The highest BCUT2D eigenvalue weighted by atomic mass is 16.5. The van der Waals surface area contributed by atoms with Crippen molar-refractivity contribution in [2.45, 2.75) is 64.0 Å². The van der Waals surface area contributed by atoms with Crippen LogP contribution in [0.15, 0.2) is 18.3 Å². The minimum absolute atomic E-state index is 0.192. The molecule has 0 bridgehead atoms. The van der Waals surface area contributed by atoms with E-state index in [1.165, 1.54) is 0 Å². The quantitative estimate of drug-likeness (QED) is 0.784. The molecule has 8 heteroatoms. The number of nitrogens with zero attached hydrogens (tertiary/aromatic N) is 3. The molecule has 1 aliphatic carbocycles. The van der Waals surface area contributed by atoms with Crippen LogP contribution >= 0.6 is 0 Å².